The molecule has 2 rings (SSSR count). The van der Waals surface area contributed by atoms with Crippen LogP contribution in [0.2, 0.25) is 0 Å². The van der Waals surface area contributed by atoms with Gasteiger partial charge in [0.05, 0.1) is 11.6 Å². The van der Waals surface area contributed by atoms with Gasteiger partial charge in [-0.05, 0) is 28.1 Å². The summed E-state index contributed by atoms with van der Waals surface area (Å²) in [5.74, 6) is -0.555. The first-order chi connectivity index (χ1) is 7.11. The fourth-order valence-electron chi connectivity index (χ4n) is 1.30. The van der Waals surface area contributed by atoms with Crippen LogP contribution in [0.25, 0.3) is 11.0 Å². The predicted octanol–water partition coefficient (Wildman–Crippen LogP) is 2.90. The number of carboxylic acid groups (broad SMARTS) is 1. The van der Waals surface area contributed by atoms with Gasteiger partial charge in [0.1, 0.15) is 11.3 Å². The van der Waals surface area contributed by atoms with Crippen molar-refractivity contribution in [2.24, 2.45) is 0 Å². The van der Waals surface area contributed by atoms with Gasteiger partial charge in [0.25, 0.3) is 0 Å². The van der Waals surface area contributed by atoms with Crippen molar-refractivity contribution in [2.75, 3.05) is 7.11 Å². The Morgan fingerprint density at radius 1 is 1.47 bits per heavy atom. The molecule has 1 aromatic carbocycles. The summed E-state index contributed by atoms with van der Waals surface area (Å²) in [6, 6.07) is 4.87. The Balaban J connectivity index is 2.66. The predicted molar refractivity (Wildman–Crippen MR) is 57.4 cm³/mol. The van der Waals surface area contributed by atoms with E-state index in [4.69, 9.17) is 14.3 Å². The Labute approximate surface area is 93.6 Å². The molecule has 0 radical (unpaired) electrons. The molecule has 1 N–H and O–H groups in total. The lowest BCUT2D eigenvalue weighted by Gasteiger charge is -2.01. The molecule has 0 saturated heterocycles. The Hall–Kier alpha value is -1.49. The van der Waals surface area contributed by atoms with Gasteiger partial charge in [0.2, 0.25) is 5.76 Å². The Morgan fingerprint density at radius 3 is 2.80 bits per heavy atom. The molecule has 1 heterocycles. The second-order valence-electron chi connectivity index (χ2n) is 2.94. The number of carbonyl (C=O) groups is 1. The molecule has 15 heavy (non-hydrogen) atoms. The minimum Gasteiger partial charge on any atom is -0.495 e. The largest absolute Gasteiger partial charge is 0.495 e. The fraction of sp³-hybridized carbons (Fsp3) is 0.100. The fourth-order valence-corrected chi connectivity index (χ4v) is 1.83. The summed E-state index contributed by atoms with van der Waals surface area (Å²) in [5, 5.41) is 9.47. The van der Waals surface area contributed by atoms with E-state index < -0.39 is 5.97 Å². The molecule has 1 aromatic heterocycles. The van der Waals surface area contributed by atoms with Crippen LogP contribution in [0.4, 0.5) is 0 Å². The molecule has 78 valence electrons. The first-order valence-electron chi connectivity index (χ1n) is 4.12. The van der Waals surface area contributed by atoms with Crippen LogP contribution in [0.3, 0.4) is 0 Å². The summed E-state index contributed by atoms with van der Waals surface area (Å²) in [6.45, 7) is 0. The SMILES string of the molecule is COc1cc2oc(C(=O)O)cc2cc1Br. The van der Waals surface area contributed by atoms with Crippen molar-refractivity contribution in [2.45, 2.75) is 0 Å². The first kappa shape index (κ1) is 10.0. The van der Waals surface area contributed by atoms with E-state index in [0.717, 1.165) is 9.86 Å². The van der Waals surface area contributed by atoms with Crippen LogP contribution in [0.15, 0.2) is 27.1 Å². The van der Waals surface area contributed by atoms with E-state index in [2.05, 4.69) is 15.9 Å². The van der Waals surface area contributed by atoms with Crippen molar-refractivity contribution in [3.8, 4) is 5.75 Å². The molecule has 0 unspecified atom stereocenters. The molecule has 0 spiro atoms. The molecular weight excluding hydrogens is 264 g/mol. The topological polar surface area (TPSA) is 59.7 Å². The molecule has 0 saturated carbocycles. The molecule has 5 heteroatoms. The third kappa shape index (κ3) is 1.70. The highest BCUT2D eigenvalue weighted by molar-refractivity contribution is 9.10. The number of rotatable bonds is 2. The van der Waals surface area contributed by atoms with Crippen molar-refractivity contribution < 1.29 is 19.1 Å². The molecule has 4 nitrogen and oxygen atoms in total. The maximum atomic E-state index is 10.7. The zero-order chi connectivity index (χ0) is 11.0. The number of hydrogen-bond donors (Lipinski definition) is 1. The highest BCUT2D eigenvalue weighted by Crippen LogP contribution is 2.31. The third-order valence-electron chi connectivity index (χ3n) is 2.00. The van der Waals surface area contributed by atoms with Gasteiger partial charge in [-0.1, -0.05) is 0 Å². The third-order valence-corrected chi connectivity index (χ3v) is 2.62. The molecule has 2 aromatic rings. The van der Waals surface area contributed by atoms with E-state index in [1.807, 2.05) is 0 Å². The normalized spacial score (nSPS) is 10.5. The van der Waals surface area contributed by atoms with E-state index in [0.29, 0.717) is 11.3 Å². The van der Waals surface area contributed by atoms with Gasteiger partial charge >= 0.3 is 5.97 Å². The number of furan rings is 1. The summed E-state index contributed by atoms with van der Waals surface area (Å²) >= 11 is 3.31. The van der Waals surface area contributed by atoms with Crippen LogP contribution in [-0.2, 0) is 0 Å². The minimum absolute atomic E-state index is 0.0786. The summed E-state index contributed by atoms with van der Waals surface area (Å²) in [4.78, 5) is 10.7. The number of halogens is 1. The van der Waals surface area contributed by atoms with Crippen LogP contribution >= 0.6 is 15.9 Å². The number of hydrogen-bond acceptors (Lipinski definition) is 3. The number of ether oxygens (including phenoxy) is 1. The average molecular weight is 271 g/mol. The Bertz CT molecular complexity index is 529. The molecule has 0 bridgehead atoms. The number of methoxy groups -OCH3 is 1. The monoisotopic (exact) mass is 270 g/mol. The number of benzene rings is 1. The van der Waals surface area contributed by atoms with E-state index in [1.54, 1.807) is 12.1 Å². The smallest absolute Gasteiger partial charge is 0.371 e. The molecule has 0 fully saturated rings. The van der Waals surface area contributed by atoms with Crippen LogP contribution in [0.5, 0.6) is 5.75 Å². The highest BCUT2D eigenvalue weighted by atomic mass is 79.9. The van der Waals surface area contributed by atoms with Crippen LogP contribution in [0, 0.1) is 0 Å². The van der Waals surface area contributed by atoms with Crippen molar-refractivity contribution in [3.63, 3.8) is 0 Å². The van der Waals surface area contributed by atoms with Crippen molar-refractivity contribution in [1.29, 1.82) is 0 Å². The lowest BCUT2D eigenvalue weighted by Crippen LogP contribution is -1.91. The summed E-state index contributed by atoms with van der Waals surface area (Å²) in [5.41, 5.74) is 0.493. The number of fused-ring (bicyclic) bond motifs is 1. The summed E-state index contributed by atoms with van der Waals surface area (Å²) in [7, 11) is 1.53. The van der Waals surface area contributed by atoms with Gasteiger partial charge in [-0.3, -0.25) is 0 Å². The molecule has 0 amide bonds. The van der Waals surface area contributed by atoms with E-state index in [-0.39, 0.29) is 5.76 Å². The Kier molecular flexibility index (Phi) is 2.40. The van der Waals surface area contributed by atoms with Gasteiger partial charge in [0, 0.05) is 11.5 Å². The quantitative estimate of drug-likeness (QED) is 0.912. The molecule has 0 atom stereocenters. The molecule has 0 aliphatic heterocycles. The number of aromatic carboxylic acids is 1. The minimum atomic E-state index is -1.08. The molecule has 0 aliphatic rings. The van der Waals surface area contributed by atoms with E-state index >= 15 is 0 Å². The zero-order valence-electron chi connectivity index (χ0n) is 7.78. The van der Waals surface area contributed by atoms with E-state index in [1.165, 1.54) is 13.2 Å². The summed E-state index contributed by atoms with van der Waals surface area (Å²) < 4.78 is 11.0. The van der Waals surface area contributed by atoms with E-state index in [9.17, 15) is 4.79 Å². The van der Waals surface area contributed by atoms with Gasteiger partial charge in [-0.2, -0.15) is 0 Å². The van der Waals surface area contributed by atoms with Gasteiger partial charge in [0.15, 0.2) is 0 Å². The second kappa shape index (κ2) is 3.58. The van der Waals surface area contributed by atoms with Crippen molar-refractivity contribution >= 4 is 32.9 Å². The lowest BCUT2D eigenvalue weighted by molar-refractivity contribution is 0.0665. The van der Waals surface area contributed by atoms with Crippen molar-refractivity contribution in [1.82, 2.24) is 0 Å². The lowest BCUT2D eigenvalue weighted by atomic mass is 10.2. The standard InChI is InChI=1S/C10H7BrO4/c1-14-8-4-7-5(2-6(8)11)3-9(15-7)10(12)13/h2-4H,1H3,(H,12,13). The van der Waals surface area contributed by atoms with Gasteiger partial charge in [-0.15, -0.1) is 0 Å². The maximum absolute atomic E-state index is 10.7. The second-order valence-corrected chi connectivity index (χ2v) is 3.79. The number of carboxylic acids is 1. The summed E-state index contributed by atoms with van der Waals surface area (Å²) in [6.07, 6.45) is 0. The maximum Gasteiger partial charge on any atom is 0.371 e. The zero-order valence-corrected chi connectivity index (χ0v) is 9.37. The van der Waals surface area contributed by atoms with Crippen LogP contribution < -0.4 is 4.74 Å². The van der Waals surface area contributed by atoms with Gasteiger partial charge < -0.3 is 14.3 Å². The molecular formula is C10H7BrO4. The van der Waals surface area contributed by atoms with Crippen LogP contribution in [-0.4, -0.2) is 18.2 Å². The molecule has 0 aliphatic carbocycles. The van der Waals surface area contributed by atoms with Crippen LogP contribution in [0.1, 0.15) is 10.6 Å². The van der Waals surface area contributed by atoms with Gasteiger partial charge in [-0.25, -0.2) is 4.79 Å². The average Bonchev–Trinajstić information content (AvgIpc) is 2.59. The first-order valence-corrected chi connectivity index (χ1v) is 4.91. The highest BCUT2D eigenvalue weighted by Gasteiger charge is 2.12. The van der Waals surface area contributed by atoms with Crippen molar-refractivity contribution in [3.05, 3.63) is 28.4 Å². The Morgan fingerprint density at radius 2 is 2.20 bits per heavy atom.